The molecule has 2 atom stereocenters. The smallest absolute Gasteiger partial charge is 0.167 e. The summed E-state index contributed by atoms with van der Waals surface area (Å²) < 4.78 is 14.9. The summed E-state index contributed by atoms with van der Waals surface area (Å²) in [5.41, 5.74) is -0.237. The van der Waals surface area contributed by atoms with E-state index in [4.69, 9.17) is 0 Å². The molecule has 0 radical (unpaired) electrons. The molecule has 3 rings (SSSR count). The molecule has 2 unspecified atom stereocenters. The van der Waals surface area contributed by atoms with Crippen molar-refractivity contribution in [3.8, 4) is 0 Å². The van der Waals surface area contributed by atoms with E-state index in [-0.39, 0.29) is 0 Å². The van der Waals surface area contributed by atoms with Crippen LogP contribution in [0.1, 0.15) is 20.3 Å². The molecule has 28 heavy (non-hydrogen) atoms. The highest BCUT2D eigenvalue weighted by Gasteiger charge is 2.48. The summed E-state index contributed by atoms with van der Waals surface area (Å²) in [6.07, 6.45) is 0.485. The highest BCUT2D eigenvalue weighted by molar-refractivity contribution is 7.79. The lowest BCUT2D eigenvalue weighted by atomic mass is 10.0. The van der Waals surface area contributed by atoms with Gasteiger partial charge in [-0.2, -0.15) is 0 Å². The van der Waals surface area contributed by atoms with Crippen LogP contribution in [0.2, 0.25) is 0 Å². The first kappa shape index (κ1) is 20.4. The maximum atomic E-state index is 14.9. The number of likely N-dealkylation sites (N-methyl/N-ethyl adjacent to an activating group) is 1. The number of rotatable bonds is 7. The first-order valence-corrected chi connectivity index (χ1v) is 11.4. The molecular weight excluding hydrogens is 365 g/mol. The number of benzene rings is 3. The number of anilines is 1. The molecule has 0 fully saturated rings. The molecule has 4 heteroatoms. The van der Waals surface area contributed by atoms with Gasteiger partial charge in [0.15, 0.2) is 7.14 Å². The van der Waals surface area contributed by atoms with Crippen molar-refractivity contribution in [1.29, 1.82) is 0 Å². The van der Waals surface area contributed by atoms with Gasteiger partial charge in [0, 0.05) is 23.3 Å². The Bertz CT molecular complexity index is 883. The zero-order chi connectivity index (χ0) is 20.2. The number of hydrogen-bond acceptors (Lipinski definition) is 3. The Labute approximate surface area is 168 Å². The van der Waals surface area contributed by atoms with E-state index in [1.54, 1.807) is 6.92 Å². The molecule has 0 saturated carbocycles. The fourth-order valence-corrected chi connectivity index (χ4v) is 7.45. The Morgan fingerprint density at radius 3 is 1.64 bits per heavy atom. The number of nitrogens with zero attached hydrogens (tertiary/aromatic N) is 1. The van der Waals surface area contributed by atoms with Crippen LogP contribution in [0.4, 0.5) is 5.69 Å². The third-order valence-corrected chi connectivity index (χ3v) is 9.15. The molecule has 3 nitrogen and oxygen atoms in total. The van der Waals surface area contributed by atoms with Gasteiger partial charge in [-0.25, -0.2) is 0 Å². The fourth-order valence-electron chi connectivity index (χ4n) is 3.77. The van der Waals surface area contributed by atoms with Crippen molar-refractivity contribution in [2.45, 2.75) is 31.7 Å². The summed E-state index contributed by atoms with van der Waals surface area (Å²) in [6, 6.07) is 29.0. The summed E-state index contributed by atoms with van der Waals surface area (Å²) >= 11 is 0. The van der Waals surface area contributed by atoms with Crippen LogP contribution in [0.25, 0.3) is 0 Å². The van der Waals surface area contributed by atoms with Crippen molar-refractivity contribution >= 4 is 23.4 Å². The molecule has 0 aliphatic heterocycles. The average molecular weight is 393 g/mol. The standard InChI is InChI=1S/C24H28NO2P/c1-4-24(2,26)23(25(3)20-14-8-5-9-15-20)28(27,21-16-10-6-11-17-21)22-18-12-7-13-19-22/h5-19,23,26H,4H2,1-3H3. The van der Waals surface area contributed by atoms with Gasteiger partial charge in [0.05, 0.1) is 5.60 Å². The van der Waals surface area contributed by atoms with E-state index >= 15 is 0 Å². The van der Waals surface area contributed by atoms with E-state index in [1.165, 1.54) is 0 Å². The molecule has 0 aliphatic rings. The molecule has 0 spiro atoms. The van der Waals surface area contributed by atoms with E-state index in [0.717, 1.165) is 16.3 Å². The van der Waals surface area contributed by atoms with Gasteiger partial charge in [0.2, 0.25) is 0 Å². The lowest BCUT2D eigenvalue weighted by Gasteiger charge is -2.44. The third kappa shape index (κ3) is 3.78. The van der Waals surface area contributed by atoms with Crippen molar-refractivity contribution in [2.24, 2.45) is 0 Å². The predicted octanol–water partition coefficient (Wildman–Crippen LogP) is 4.62. The molecule has 0 amide bonds. The minimum absolute atomic E-state index is 0.485. The SMILES string of the molecule is CCC(C)(O)C(N(C)c1ccccc1)P(=O)(c1ccccc1)c1ccccc1. The van der Waals surface area contributed by atoms with Crippen LogP contribution in [0.3, 0.4) is 0 Å². The molecule has 1 N–H and O–H groups in total. The fraction of sp³-hybridized carbons (Fsp3) is 0.250. The Kier molecular flexibility index (Phi) is 6.07. The molecule has 0 bridgehead atoms. The predicted molar refractivity (Wildman–Crippen MR) is 119 cm³/mol. The molecule has 3 aromatic carbocycles. The second-order valence-electron chi connectivity index (χ2n) is 7.36. The van der Waals surface area contributed by atoms with Gasteiger partial charge in [0.25, 0.3) is 0 Å². The largest absolute Gasteiger partial charge is 0.388 e. The molecular formula is C24H28NO2P. The third-order valence-electron chi connectivity index (χ3n) is 5.43. The van der Waals surface area contributed by atoms with Crippen LogP contribution in [-0.4, -0.2) is 23.5 Å². The normalized spacial score (nSPS) is 14.9. The Morgan fingerprint density at radius 1 is 0.857 bits per heavy atom. The van der Waals surface area contributed by atoms with Crippen LogP contribution in [-0.2, 0) is 4.57 Å². The second kappa shape index (κ2) is 8.34. The van der Waals surface area contributed by atoms with Gasteiger partial charge in [0.1, 0.15) is 5.78 Å². The molecule has 146 valence electrons. The van der Waals surface area contributed by atoms with E-state index in [0.29, 0.717) is 6.42 Å². The van der Waals surface area contributed by atoms with Crippen molar-refractivity contribution in [3.05, 3.63) is 91.0 Å². The first-order valence-electron chi connectivity index (χ1n) is 9.62. The van der Waals surface area contributed by atoms with E-state index < -0.39 is 18.5 Å². The summed E-state index contributed by atoms with van der Waals surface area (Å²) in [5.74, 6) is -0.614. The lowest BCUT2D eigenvalue weighted by molar-refractivity contribution is 0.0510. The summed E-state index contributed by atoms with van der Waals surface area (Å²) in [7, 11) is -1.30. The number of para-hydroxylation sites is 1. The molecule has 0 aliphatic carbocycles. The monoisotopic (exact) mass is 393 g/mol. The first-order chi connectivity index (χ1) is 13.4. The topological polar surface area (TPSA) is 40.5 Å². The van der Waals surface area contributed by atoms with Crippen molar-refractivity contribution in [3.63, 3.8) is 0 Å². The zero-order valence-corrected chi connectivity index (χ0v) is 17.6. The van der Waals surface area contributed by atoms with E-state index in [1.807, 2.05) is 110 Å². The summed E-state index contributed by atoms with van der Waals surface area (Å²) in [4.78, 5) is 1.98. The molecule has 0 heterocycles. The van der Waals surface area contributed by atoms with Crippen molar-refractivity contribution < 1.29 is 9.67 Å². The Morgan fingerprint density at radius 2 is 1.25 bits per heavy atom. The van der Waals surface area contributed by atoms with Gasteiger partial charge >= 0.3 is 0 Å². The van der Waals surface area contributed by atoms with Gasteiger partial charge in [-0.05, 0) is 25.5 Å². The van der Waals surface area contributed by atoms with Gasteiger partial charge in [-0.3, -0.25) is 0 Å². The number of hydrogen-bond donors (Lipinski definition) is 1. The van der Waals surface area contributed by atoms with Gasteiger partial charge in [-0.1, -0.05) is 85.8 Å². The van der Waals surface area contributed by atoms with Crippen LogP contribution < -0.4 is 15.5 Å². The van der Waals surface area contributed by atoms with E-state index in [2.05, 4.69) is 0 Å². The summed E-state index contributed by atoms with van der Waals surface area (Å²) in [5, 5.41) is 13.0. The van der Waals surface area contributed by atoms with Gasteiger partial charge in [-0.15, -0.1) is 0 Å². The van der Waals surface area contributed by atoms with Gasteiger partial charge < -0.3 is 14.6 Å². The maximum absolute atomic E-state index is 14.9. The van der Waals surface area contributed by atoms with E-state index in [9.17, 15) is 9.67 Å². The van der Waals surface area contributed by atoms with Crippen LogP contribution in [0.5, 0.6) is 0 Å². The Hall–Kier alpha value is -2.35. The quantitative estimate of drug-likeness (QED) is 0.595. The highest BCUT2D eigenvalue weighted by atomic mass is 31.2. The molecule has 0 saturated heterocycles. The zero-order valence-electron chi connectivity index (χ0n) is 16.7. The van der Waals surface area contributed by atoms with Crippen molar-refractivity contribution in [2.75, 3.05) is 11.9 Å². The summed E-state index contributed by atoms with van der Waals surface area (Å²) in [6.45, 7) is 3.72. The number of aliphatic hydroxyl groups is 1. The highest BCUT2D eigenvalue weighted by Crippen LogP contribution is 2.54. The second-order valence-corrected chi connectivity index (χ2v) is 10.2. The molecule has 0 aromatic heterocycles. The maximum Gasteiger partial charge on any atom is 0.167 e. The minimum Gasteiger partial charge on any atom is -0.388 e. The lowest BCUT2D eigenvalue weighted by Crippen LogP contribution is -2.52. The van der Waals surface area contributed by atoms with Crippen LogP contribution in [0.15, 0.2) is 91.0 Å². The Balaban J connectivity index is 2.28. The molecule has 3 aromatic rings. The van der Waals surface area contributed by atoms with Crippen molar-refractivity contribution in [1.82, 2.24) is 0 Å². The minimum atomic E-state index is -3.22. The van der Waals surface area contributed by atoms with Crippen LogP contribution in [0, 0.1) is 0 Å². The van der Waals surface area contributed by atoms with Crippen LogP contribution >= 0.6 is 7.14 Å². The average Bonchev–Trinajstić information content (AvgIpc) is 2.75.